The molecule has 0 saturated carbocycles. The molecule has 1 heterocycles. The number of aromatic nitrogens is 1. The van der Waals surface area contributed by atoms with Crippen LogP contribution in [0.2, 0.25) is 0 Å². The quantitative estimate of drug-likeness (QED) is 0.917. The van der Waals surface area contributed by atoms with Crippen LogP contribution in [0.1, 0.15) is 28.0 Å². The Morgan fingerprint density at radius 2 is 2.24 bits per heavy atom. The molecule has 0 radical (unpaired) electrons. The predicted molar refractivity (Wildman–Crippen MR) is 84.1 cm³/mol. The molecule has 2 rings (SSSR count). The van der Waals surface area contributed by atoms with Crippen molar-refractivity contribution in [2.24, 2.45) is 5.73 Å². The van der Waals surface area contributed by atoms with E-state index in [9.17, 15) is 9.18 Å². The van der Waals surface area contributed by atoms with Gasteiger partial charge in [0, 0.05) is 25.0 Å². The van der Waals surface area contributed by atoms with Crippen LogP contribution in [0.15, 0.2) is 29.6 Å². The number of nitrogens with two attached hydrogens (primary N) is 1. The van der Waals surface area contributed by atoms with Crippen molar-refractivity contribution >= 4 is 29.7 Å². The maximum Gasteiger partial charge on any atom is 0.273 e. The lowest BCUT2D eigenvalue weighted by molar-refractivity contribution is 0.0747. The largest absolute Gasteiger partial charge is 0.333 e. The van der Waals surface area contributed by atoms with E-state index in [0.29, 0.717) is 25.3 Å². The number of thiazole rings is 1. The molecule has 0 saturated heterocycles. The number of nitrogens with zero attached hydrogens (tertiary/aromatic N) is 2. The third-order valence-corrected chi connectivity index (χ3v) is 3.75. The van der Waals surface area contributed by atoms with Crippen LogP contribution in [-0.2, 0) is 13.1 Å². The Labute approximate surface area is 133 Å². The van der Waals surface area contributed by atoms with Crippen molar-refractivity contribution in [1.29, 1.82) is 0 Å². The SMILES string of the molecule is CCN(Cc1cccc(F)c1)C(=O)c1csc(CN)n1.Cl. The molecule has 2 aromatic rings. The summed E-state index contributed by atoms with van der Waals surface area (Å²) < 4.78 is 13.2. The van der Waals surface area contributed by atoms with Gasteiger partial charge in [0.15, 0.2) is 0 Å². The second-order valence-corrected chi connectivity index (χ2v) is 5.22. The number of carbonyl (C=O) groups excluding carboxylic acids is 1. The minimum absolute atomic E-state index is 0. The Morgan fingerprint density at radius 3 is 2.81 bits per heavy atom. The van der Waals surface area contributed by atoms with E-state index in [1.54, 1.807) is 22.4 Å². The topological polar surface area (TPSA) is 59.2 Å². The first-order valence-corrected chi connectivity index (χ1v) is 7.20. The van der Waals surface area contributed by atoms with Crippen LogP contribution in [-0.4, -0.2) is 22.3 Å². The highest BCUT2D eigenvalue weighted by Crippen LogP contribution is 2.14. The Balaban J connectivity index is 0.00000220. The van der Waals surface area contributed by atoms with Crippen molar-refractivity contribution in [3.8, 4) is 0 Å². The normalized spacial score (nSPS) is 10.0. The molecule has 1 aromatic carbocycles. The molecule has 0 aliphatic carbocycles. The summed E-state index contributed by atoms with van der Waals surface area (Å²) in [6, 6.07) is 6.25. The molecule has 0 bridgehead atoms. The molecule has 2 N–H and O–H groups in total. The molecule has 4 nitrogen and oxygen atoms in total. The summed E-state index contributed by atoms with van der Waals surface area (Å²) in [5, 5.41) is 2.44. The van der Waals surface area contributed by atoms with Gasteiger partial charge in [0.1, 0.15) is 16.5 Å². The predicted octanol–water partition coefficient (Wildman–Crippen LogP) is 2.83. The third kappa shape index (κ3) is 4.49. The van der Waals surface area contributed by atoms with E-state index in [1.807, 2.05) is 6.92 Å². The van der Waals surface area contributed by atoms with Gasteiger partial charge in [-0.2, -0.15) is 0 Å². The molecule has 21 heavy (non-hydrogen) atoms. The summed E-state index contributed by atoms with van der Waals surface area (Å²) in [4.78, 5) is 18.1. The number of rotatable bonds is 5. The van der Waals surface area contributed by atoms with E-state index in [4.69, 9.17) is 5.73 Å². The fraction of sp³-hybridized carbons (Fsp3) is 0.286. The van der Waals surface area contributed by atoms with Gasteiger partial charge < -0.3 is 10.6 Å². The van der Waals surface area contributed by atoms with Crippen molar-refractivity contribution in [3.05, 3.63) is 51.7 Å². The highest BCUT2D eigenvalue weighted by atomic mass is 35.5. The fourth-order valence-corrected chi connectivity index (χ4v) is 2.50. The molecule has 0 atom stereocenters. The average molecular weight is 330 g/mol. The summed E-state index contributed by atoms with van der Waals surface area (Å²) in [6.45, 7) is 3.11. The first-order valence-electron chi connectivity index (χ1n) is 6.32. The molecule has 0 unspecified atom stereocenters. The fourth-order valence-electron chi connectivity index (χ4n) is 1.85. The second kappa shape index (κ2) is 8.07. The summed E-state index contributed by atoms with van der Waals surface area (Å²) in [6.07, 6.45) is 0. The maximum absolute atomic E-state index is 13.2. The Kier molecular flexibility index (Phi) is 6.74. The van der Waals surface area contributed by atoms with Crippen LogP contribution in [0, 0.1) is 5.82 Å². The average Bonchev–Trinajstić information content (AvgIpc) is 2.93. The molecule has 0 fully saturated rings. The number of halogens is 2. The molecule has 1 amide bonds. The van der Waals surface area contributed by atoms with Gasteiger partial charge in [-0.25, -0.2) is 9.37 Å². The third-order valence-electron chi connectivity index (χ3n) is 2.88. The van der Waals surface area contributed by atoms with Gasteiger partial charge in [0.2, 0.25) is 0 Å². The van der Waals surface area contributed by atoms with Crippen LogP contribution < -0.4 is 5.73 Å². The van der Waals surface area contributed by atoms with Crippen LogP contribution in [0.25, 0.3) is 0 Å². The highest BCUT2D eigenvalue weighted by Gasteiger charge is 2.17. The molecule has 1 aromatic heterocycles. The minimum Gasteiger partial charge on any atom is -0.333 e. The van der Waals surface area contributed by atoms with Gasteiger partial charge >= 0.3 is 0 Å². The van der Waals surface area contributed by atoms with E-state index in [0.717, 1.165) is 10.6 Å². The number of hydrogen-bond acceptors (Lipinski definition) is 4. The van der Waals surface area contributed by atoms with Gasteiger partial charge in [-0.15, -0.1) is 23.7 Å². The van der Waals surface area contributed by atoms with Crippen molar-refractivity contribution in [2.45, 2.75) is 20.0 Å². The van der Waals surface area contributed by atoms with Crippen molar-refractivity contribution in [2.75, 3.05) is 6.54 Å². The van der Waals surface area contributed by atoms with Crippen LogP contribution in [0.4, 0.5) is 4.39 Å². The smallest absolute Gasteiger partial charge is 0.273 e. The van der Waals surface area contributed by atoms with E-state index in [2.05, 4.69) is 4.98 Å². The van der Waals surface area contributed by atoms with Crippen molar-refractivity contribution < 1.29 is 9.18 Å². The number of amides is 1. The van der Waals surface area contributed by atoms with E-state index < -0.39 is 0 Å². The molecular weight excluding hydrogens is 313 g/mol. The molecule has 114 valence electrons. The standard InChI is InChI=1S/C14H16FN3OS.ClH/c1-2-18(8-10-4-3-5-11(15)6-10)14(19)12-9-20-13(7-16)17-12;/h3-6,9H,2,7-8,16H2,1H3;1H. The number of benzene rings is 1. The Morgan fingerprint density at radius 1 is 1.48 bits per heavy atom. The van der Waals surface area contributed by atoms with Crippen molar-refractivity contribution in [3.63, 3.8) is 0 Å². The minimum atomic E-state index is -0.301. The molecular formula is C14H17ClFN3OS. The van der Waals surface area contributed by atoms with Crippen LogP contribution in [0.3, 0.4) is 0 Å². The number of hydrogen-bond donors (Lipinski definition) is 1. The lowest BCUT2D eigenvalue weighted by Gasteiger charge is -2.20. The Bertz CT molecular complexity index is 605. The lowest BCUT2D eigenvalue weighted by atomic mass is 10.2. The Hall–Kier alpha value is -1.50. The maximum atomic E-state index is 13.2. The summed E-state index contributed by atoms with van der Waals surface area (Å²) in [7, 11) is 0. The van der Waals surface area contributed by atoms with Crippen LogP contribution >= 0.6 is 23.7 Å². The molecule has 0 aliphatic heterocycles. The molecule has 7 heteroatoms. The zero-order valence-electron chi connectivity index (χ0n) is 11.6. The van der Waals surface area contributed by atoms with Gasteiger partial charge in [-0.1, -0.05) is 12.1 Å². The summed E-state index contributed by atoms with van der Waals surface area (Å²) in [5.74, 6) is -0.460. The highest BCUT2D eigenvalue weighted by molar-refractivity contribution is 7.09. The number of carbonyl (C=O) groups is 1. The van der Waals surface area contributed by atoms with Gasteiger partial charge in [0.05, 0.1) is 0 Å². The van der Waals surface area contributed by atoms with Gasteiger partial charge in [0.25, 0.3) is 5.91 Å². The lowest BCUT2D eigenvalue weighted by Crippen LogP contribution is -2.30. The zero-order valence-corrected chi connectivity index (χ0v) is 13.2. The van der Waals surface area contributed by atoms with Gasteiger partial charge in [-0.05, 0) is 24.6 Å². The monoisotopic (exact) mass is 329 g/mol. The van der Waals surface area contributed by atoms with E-state index >= 15 is 0 Å². The molecule has 0 spiro atoms. The first-order chi connectivity index (χ1) is 9.63. The van der Waals surface area contributed by atoms with E-state index in [-0.39, 0.29) is 24.1 Å². The van der Waals surface area contributed by atoms with Crippen LogP contribution in [0.5, 0.6) is 0 Å². The van der Waals surface area contributed by atoms with E-state index in [1.165, 1.54) is 23.5 Å². The summed E-state index contributed by atoms with van der Waals surface area (Å²) in [5.41, 5.74) is 6.65. The summed E-state index contributed by atoms with van der Waals surface area (Å²) >= 11 is 1.37. The van der Waals surface area contributed by atoms with Gasteiger partial charge in [-0.3, -0.25) is 4.79 Å². The van der Waals surface area contributed by atoms with Crippen molar-refractivity contribution in [1.82, 2.24) is 9.88 Å². The molecule has 0 aliphatic rings. The zero-order chi connectivity index (χ0) is 14.5. The first kappa shape index (κ1) is 17.6. The second-order valence-electron chi connectivity index (χ2n) is 4.28.